The molecule has 18 heavy (non-hydrogen) atoms. The van der Waals surface area contributed by atoms with Gasteiger partial charge in [0.25, 0.3) is 0 Å². The molecule has 0 saturated heterocycles. The van der Waals surface area contributed by atoms with Crippen LogP contribution in [0.15, 0.2) is 0 Å². The van der Waals surface area contributed by atoms with Gasteiger partial charge in [-0.15, -0.1) is 0 Å². The highest BCUT2D eigenvalue weighted by atomic mass is 32.2. The number of nitrogens with one attached hydrogen (secondary N) is 1. The summed E-state index contributed by atoms with van der Waals surface area (Å²) < 4.78 is 30.5. The Morgan fingerprint density at radius 2 is 1.78 bits per heavy atom. The van der Waals surface area contributed by atoms with Crippen molar-refractivity contribution in [1.82, 2.24) is 4.72 Å². The van der Waals surface area contributed by atoms with Crippen LogP contribution in [-0.2, 0) is 19.6 Å². The standard InChI is InChI=1S/C12H25NO4S.H2/c1-10(2)12(14)13-18(15,16)9-7-5-6-8-17-11(3)4;/h10-11H,5-9H2,1-4H3,(H,13,14);1H. The first-order chi connectivity index (χ1) is 8.24. The molecule has 0 atom stereocenters. The fourth-order valence-electron chi connectivity index (χ4n) is 1.21. The molecule has 0 unspecified atom stereocenters. The molecule has 0 aliphatic rings. The van der Waals surface area contributed by atoms with E-state index in [1.54, 1.807) is 13.8 Å². The van der Waals surface area contributed by atoms with Crippen LogP contribution in [0.2, 0.25) is 0 Å². The molecule has 0 fully saturated rings. The van der Waals surface area contributed by atoms with E-state index >= 15 is 0 Å². The lowest BCUT2D eigenvalue weighted by atomic mass is 10.2. The molecule has 0 aromatic heterocycles. The minimum Gasteiger partial charge on any atom is -0.379 e. The lowest BCUT2D eigenvalue weighted by Gasteiger charge is -2.09. The molecule has 0 radical (unpaired) electrons. The zero-order valence-electron chi connectivity index (χ0n) is 11.7. The van der Waals surface area contributed by atoms with E-state index in [4.69, 9.17) is 4.74 Å². The van der Waals surface area contributed by atoms with Crippen molar-refractivity contribution in [1.29, 1.82) is 0 Å². The van der Waals surface area contributed by atoms with Crippen LogP contribution in [0.25, 0.3) is 0 Å². The normalized spacial score (nSPS) is 12.1. The third-order valence-electron chi connectivity index (χ3n) is 2.29. The van der Waals surface area contributed by atoms with Crippen LogP contribution in [0.1, 0.15) is 48.4 Å². The van der Waals surface area contributed by atoms with Gasteiger partial charge in [-0.2, -0.15) is 0 Å². The summed E-state index contributed by atoms with van der Waals surface area (Å²) in [6.45, 7) is 7.90. The summed E-state index contributed by atoms with van der Waals surface area (Å²) >= 11 is 0. The van der Waals surface area contributed by atoms with E-state index in [-0.39, 0.29) is 19.2 Å². The number of carbonyl (C=O) groups excluding carboxylic acids is 1. The van der Waals surface area contributed by atoms with Gasteiger partial charge in [0.1, 0.15) is 0 Å². The molecule has 1 amide bonds. The lowest BCUT2D eigenvalue weighted by Crippen LogP contribution is -2.35. The monoisotopic (exact) mass is 281 g/mol. The molecule has 0 aromatic carbocycles. The fraction of sp³-hybridized carbons (Fsp3) is 0.917. The van der Waals surface area contributed by atoms with Gasteiger partial charge in [-0.3, -0.25) is 9.52 Å². The van der Waals surface area contributed by atoms with Gasteiger partial charge in [0.15, 0.2) is 0 Å². The average Bonchev–Trinajstić information content (AvgIpc) is 2.21. The minimum absolute atomic E-state index is 0. The molecule has 0 spiro atoms. The second kappa shape index (κ2) is 8.48. The van der Waals surface area contributed by atoms with E-state index in [0.717, 1.165) is 12.8 Å². The van der Waals surface area contributed by atoms with Crippen molar-refractivity contribution >= 4 is 15.9 Å². The molecular formula is C12H27NO4S. The van der Waals surface area contributed by atoms with Gasteiger partial charge in [-0.05, 0) is 26.7 Å². The smallest absolute Gasteiger partial charge is 0.235 e. The number of carbonyl (C=O) groups is 1. The predicted octanol–water partition coefficient (Wildman–Crippen LogP) is 1.93. The molecule has 0 heterocycles. The number of hydrogen-bond donors (Lipinski definition) is 1. The van der Waals surface area contributed by atoms with Gasteiger partial charge in [-0.1, -0.05) is 20.3 Å². The van der Waals surface area contributed by atoms with Crippen molar-refractivity contribution in [3.05, 3.63) is 0 Å². The molecule has 0 saturated carbocycles. The van der Waals surface area contributed by atoms with Crippen LogP contribution in [-0.4, -0.2) is 32.8 Å². The molecule has 5 nitrogen and oxygen atoms in total. The Labute approximate surface area is 112 Å². The van der Waals surface area contributed by atoms with Gasteiger partial charge < -0.3 is 4.74 Å². The second-order valence-corrected chi connectivity index (χ2v) is 6.76. The molecule has 110 valence electrons. The van der Waals surface area contributed by atoms with Crippen molar-refractivity contribution in [2.75, 3.05) is 12.4 Å². The maximum Gasteiger partial charge on any atom is 0.235 e. The Kier molecular flexibility index (Phi) is 8.18. The Bertz CT molecular complexity index is 342. The van der Waals surface area contributed by atoms with E-state index in [9.17, 15) is 13.2 Å². The van der Waals surface area contributed by atoms with E-state index < -0.39 is 15.9 Å². The van der Waals surface area contributed by atoms with Crippen LogP contribution in [0.5, 0.6) is 0 Å². The molecule has 0 aliphatic carbocycles. The molecule has 0 aliphatic heterocycles. The third-order valence-corrected chi connectivity index (χ3v) is 3.63. The third kappa shape index (κ3) is 9.41. The number of rotatable bonds is 9. The summed E-state index contributed by atoms with van der Waals surface area (Å²) in [5, 5.41) is 0. The van der Waals surface area contributed by atoms with E-state index in [2.05, 4.69) is 4.72 Å². The first kappa shape index (κ1) is 17.4. The highest BCUT2D eigenvalue weighted by Gasteiger charge is 2.16. The SMILES string of the molecule is CC(C)OCCCCCS(=O)(=O)NC(=O)C(C)C.[HH]. The van der Waals surface area contributed by atoms with Crippen molar-refractivity contribution < 1.29 is 19.4 Å². The van der Waals surface area contributed by atoms with E-state index in [0.29, 0.717) is 13.0 Å². The summed E-state index contributed by atoms with van der Waals surface area (Å²) in [6, 6.07) is 0. The summed E-state index contributed by atoms with van der Waals surface area (Å²) in [7, 11) is -3.47. The molecular weight excluding hydrogens is 254 g/mol. The molecule has 6 heteroatoms. The Hall–Kier alpha value is -0.620. The molecule has 0 bridgehead atoms. The number of sulfonamides is 1. The van der Waals surface area contributed by atoms with Crippen LogP contribution in [0.4, 0.5) is 0 Å². The van der Waals surface area contributed by atoms with Crippen molar-refractivity contribution in [2.24, 2.45) is 5.92 Å². The van der Waals surface area contributed by atoms with Crippen LogP contribution >= 0.6 is 0 Å². The van der Waals surface area contributed by atoms with Crippen molar-refractivity contribution in [3.8, 4) is 0 Å². The number of unbranched alkanes of at least 4 members (excludes halogenated alkanes) is 2. The number of hydrogen-bond acceptors (Lipinski definition) is 4. The molecule has 1 N–H and O–H groups in total. The number of ether oxygens (including phenoxy) is 1. The Morgan fingerprint density at radius 1 is 1.17 bits per heavy atom. The van der Waals surface area contributed by atoms with Gasteiger partial charge in [0.2, 0.25) is 15.9 Å². The van der Waals surface area contributed by atoms with E-state index in [1.807, 2.05) is 13.8 Å². The maximum absolute atomic E-state index is 11.5. The summed E-state index contributed by atoms with van der Waals surface area (Å²) in [5.41, 5.74) is 0. The van der Waals surface area contributed by atoms with Crippen LogP contribution < -0.4 is 4.72 Å². The van der Waals surface area contributed by atoms with Gasteiger partial charge >= 0.3 is 0 Å². The fourth-order valence-corrected chi connectivity index (χ4v) is 2.44. The Balaban J connectivity index is 0. The molecule has 0 aromatic rings. The predicted molar refractivity (Wildman–Crippen MR) is 73.8 cm³/mol. The highest BCUT2D eigenvalue weighted by molar-refractivity contribution is 7.90. The average molecular weight is 281 g/mol. The second-order valence-electron chi connectivity index (χ2n) is 4.92. The van der Waals surface area contributed by atoms with Gasteiger partial charge in [-0.25, -0.2) is 8.42 Å². The topological polar surface area (TPSA) is 72.5 Å². The van der Waals surface area contributed by atoms with Gasteiger partial charge in [0.05, 0.1) is 11.9 Å². The zero-order valence-corrected chi connectivity index (χ0v) is 12.5. The van der Waals surface area contributed by atoms with Crippen molar-refractivity contribution in [3.63, 3.8) is 0 Å². The van der Waals surface area contributed by atoms with Crippen molar-refractivity contribution in [2.45, 2.75) is 53.1 Å². The molecule has 0 rings (SSSR count). The number of amides is 1. The maximum atomic E-state index is 11.5. The quantitative estimate of drug-likeness (QED) is 0.655. The summed E-state index contributed by atoms with van der Waals surface area (Å²) in [5.74, 6) is -0.773. The minimum atomic E-state index is -3.47. The zero-order chi connectivity index (χ0) is 14.2. The van der Waals surface area contributed by atoms with Crippen LogP contribution in [0.3, 0.4) is 0 Å². The Morgan fingerprint density at radius 3 is 2.28 bits per heavy atom. The first-order valence-electron chi connectivity index (χ1n) is 6.40. The lowest BCUT2D eigenvalue weighted by molar-refractivity contribution is -0.122. The summed E-state index contributed by atoms with van der Waals surface area (Å²) in [6.07, 6.45) is 2.37. The van der Waals surface area contributed by atoms with E-state index in [1.165, 1.54) is 0 Å². The summed E-state index contributed by atoms with van der Waals surface area (Å²) in [4.78, 5) is 11.3. The largest absolute Gasteiger partial charge is 0.379 e. The first-order valence-corrected chi connectivity index (χ1v) is 8.05. The highest BCUT2D eigenvalue weighted by Crippen LogP contribution is 2.02. The van der Waals surface area contributed by atoms with Crippen LogP contribution in [0, 0.1) is 5.92 Å². The van der Waals surface area contributed by atoms with Gasteiger partial charge in [0, 0.05) is 14.0 Å².